The number of carbonyl (C=O) groups is 2. The SMILES string of the molecule is CN(Cc1cc2cc(NS(C)(=O)=O)ccc2o1)C1Cc2ccc(NS(C)(=O)=O)cc2C1.O=C(O)C=CC(=O)O. The van der Waals surface area contributed by atoms with Crippen LogP contribution in [0.5, 0.6) is 0 Å². The Bertz CT molecular complexity index is 1610. The molecule has 0 bridgehead atoms. The number of nitrogens with one attached hydrogen (secondary N) is 2. The van der Waals surface area contributed by atoms with Crippen molar-refractivity contribution in [3.05, 3.63) is 71.5 Å². The molecule has 1 heterocycles. The minimum absolute atomic E-state index is 0.277. The fraction of sp³-hybridized carbons (Fsp3) is 0.280. The van der Waals surface area contributed by atoms with E-state index in [4.69, 9.17) is 14.6 Å². The highest BCUT2D eigenvalue weighted by Gasteiger charge is 2.26. The van der Waals surface area contributed by atoms with E-state index in [0.717, 1.165) is 42.1 Å². The molecule has 0 saturated heterocycles. The molecular formula is C25H29N3O9S2. The Morgan fingerprint density at radius 2 is 1.44 bits per heavy atom. The molecule has 4 N–H and O–H groups in total. The number of fused-ring (bicyclic) bond motifs is 2. The van der Waals surface area contributed by atoms with Gasteiger partial charge in [-0.15, -0.1) is 0 Å². The van der Waals surface area contributed by atoms with Crippen molar-refractivity contribution in [1.82, 2.24) is 4.90 Å². The van der Waals surface area contributed by atoms with Crippen molar-refractivity contribution >= 4 is 54.3 Å². The highest BCUT2D eigenvalue weighted by Crippen LogP contribution is 2.30. The van der Waals surface area contributed by atoms with Crippen molar-refractivity contribution < 1.29 is 41.1 Å². The van der Waals surface area contributed by atoms with E-state index in [-0.39, 0.29) is 6.04 Å². The van der Waals surface area contributed by atoms with E-state index in [1.807, 2.05) is 25.2 Å². The number of rotatable bonds is 9. The van der Waals surface area contributed by atoms with Gasteiger partial charge in [0.25, 0.3) is 0 Å². The van der Waals surface area contributed by atoms with Crippen LogP contribution in [-0.4, -0.2) is 69.5 Å². The molecule has 2 aromatic carbocycles. The third-order valence-electron chi connectivity index (χ3n) is 5.69. The lowest BCUT2D eigenvalue weighted by Crippen LogP contribution is -2.31. The lowest BCUT2D eigenvalue weighted by atomic mass is 10.1. The van der Waals surface area contributed by atoms with Crippen LogP contribution in [0, 0.1) is 0 Å². The Hall–Kier alpha value is -3.88. The number of carboxylic acid groups (broad SMARTS) is 2. The second kappa shape index (κ2) is 11.9. The first kappa shape index (κ1) is 29.7. The van der Waals surface area contributed by atoms with Crippen molar-refractivity contribution in [3.8, 4) is 0 Å². The van der Waals surface area contributed by atoms with E-state index in [1.54, 1.807) is 24.3 Å². The maximum atomic E-state index is 11.5. The fourth-order valence-electron chi connectivity index (χ4n) is 4.16. The summed E-state index contributed by atoms with van der Waals surface area (Å²) in [6.45, 7) is 0.608. The van der Waals surface area contributed by atoms with Gasteiger partial charge in [-0.25, -0.2) is 26.4 Å². The molecule has 3 aromatic rings. The van der Waals surface area contributed by atoms with Gasteiger partial charge >= 0.3 is 11.9 Å². The predicted molar refractivity (Wildman–Crippen MR) is 147 cm³/mol. The average molecular weight is 580 g/mol. The first-order valence-electron chi connectivity index (χ1n) is 11.5. The van der Waals surface area contributed by atoms with E-state index in [2.05, 4.69) is 14.3 Å². The van der Waals surface area contributed by atoms with Gasteiger partial charge in [-0.3, -0.25) is 14.3 Å². The molecule has 1 aliphatic carbocycles. The zero-order valence-corrected chi connectivity index (χ0v) is 23.0. The van der Waals surface area contributed by atoms with E-state index >= 15 is 0 Å². The Labute approximate surface area is 226 Å². The number of sulfonamides is 2. The van der Waals surface area contributed by atoms with Crippen molar-refractivity contribution in [2.24, 2.45) is 0 Å². The van der Waals surface area contributed by atoms with Crippen LogP contribution in [0.1, 0.15) is 16.9 Å². The van der Waals surface area contributed by atoms with Crippen LogP contribution >= 0.6 is 0 Å². The third-order valence-corrected chi connectivity index (χ3v) is 6.90. The van der Waals surface area contributed by atoms with Crippen molar-refractivity contribution in [3.63, 3.8) is 0 Å². The number of nitrogens with zero attached hydrogens (tertiary/aromatic N) is 1. The lowest BCUT2D eigenvalue weighted by Gasteiger charge is -2.22. The van der Waals surface area contributed by atoms with E-state index in [1.165, 1.54) is 5.56 Å². The average Bonchev–Trinajstić information content (AvgIpc) is 3.38. The van der Waals surface area contributed by atoms with Crippen molar-refractivity contribution in [1.29, 1.82) is 0 Å². The van der Waals surface area contributed by atoms with Crippen molar-refractivity contribution in [2.45, 2.75) is 25.4 Å². The molecule has 1 atom stereocenters. The number of furan rings is 1. The van der Waals surface area contributed by atoms with Gasteiger partial charge in [0.2, 0.25) is 20.0 Å². The summed E-state index contributed by atoms with van der Waals surface area (Å²) in [7, 11) is -4.60. The first-order chi connectivity index (χ1) is 18.1. The second-order valence-electron chi connectivity index (χ2n) is 9.18. The van der Waals surface area contributed by atoms with Crippen LogP contribution in [0.3, 0.4) is 0 Å². The van der Waals surface area contributed by atoms with Gasteiger partial charge in [-0.1, -0.05) is 6.07 Å². The number of aliphatic carboxylic acids is 2. The summed E-state index contributed by atoms with van der Waals surface area (Å²) in [5.41, 5.74) is 4.15. The van der Waals surface area contributed by atoms with Crippen LogP contribution in [0.25, 0.3) is 11.0 Å². The molecule has 0 spiro atoms. The standard InChI is InChI=1S/C21H25N3O5S2.C4H4O4/c1-24(19-10-14-4-5-17(8-15(14)11-19)22-30(2,25)26)13-20-12-16-9-18(23-31(3,27)28)6-7-21(16)29-20;5-3(6)1-2-4(7)8/h4-9,12,19,22-23H,10-11,13H2,1-3H3;1-2H,(H,5,6)(H,7,8). The topological polar surface area (TPSA) is 183 Å². The molecule has 1 unspecified atom stereocenters. The molecule has 0 radical (unpaired) electrons. The largest absolute Gasteiger partial charge is 0.478 e. The van der Waals surface area contributed by atoms with Gasteiger partial charge in [-0.2, -0.15) is 0 Å². The number of benzene rings is 2. The molecule has 0 aliphatic heterocycles. The summed E-state index contributed by atoms with van der Waals surface area (Å²) in [5.74, 6) is -1.72. The van der Waals surface area contributed by atoms with E-state index < -0.39 is 32.0 Å². The van der Waals surface area contributed by atoms with Gasteiger partial charge in [-0.05, 0) is 67.4 Å². The molecule has 14 heteroatoms. The predicted octanol–water partition coefficient (Wildman–Crippen LogP) is 2.49. The highest BCUT2D eigenvalue weighted by molar-refractivity contribution is 7.92. The smallest absolute Gasteiger partial charge is 0.328 e. The van der Waals surface area contributed by atoms with Gasteiger partial charge < -0.3 is 14.6 Å². The Morgan fingerprint density at radius 3 is 2.00 bits per heavy atom. The van der Waals surface area contributed by atoms with Gasteiger partial charge in [0.05, 0.1) is 19.1 Å². The fourth-order valence-corrected chi connectivity index (χ4v) is 5.27. The normalized spacial score (nSPS) is 15.1. The monoisotopic (exact) mass is 579 g/mol. The highest BCUT2D eigenvalue weighted by atomic mass is 32.2. The summed E-state index contributed by atoms with van der Waals surface area (Å²) in [6, 6.07) is 13.1. The van der Waals surface area contributed by atoms with Crippen molar-refractivity contribution in [2.75, 3.05) is 29.0 Å². The maximum absolute atomic E-state index is 11.5. The number of hydrogen-bond donors (Lipinski definition) is 4. The minimum Gasteiger partial charge on any atom is -0.478 e. The maximum Gasteiger partial charge on any atom is 0.328 e. The van der Waals surface area contributed by atoms with E-state index in [0.29, 0.717) is 35.7 Å². The van der Waals surface area contributed by atoms with Crippen LogP contribution in [-0.2, 0) is 49.0 Å². The Morgan fingerprint density at radius 1 is 0.897 bits per heavy atom. The second-order valence-corrected chi connectivity index (χ2v) is 12.7. The molecule has 0 fully saturated rings. The number of anilines is 2. The summed E-state index contributed by atoms with van der Waals surface area (Å²) in [6.07, 6.45) is 5.09. The number of hydrogen-bond acceptors (Lipinski definition) is 8. The quantitative estimate of drug-likeness (QED) is 0.275. The molecule has 12 nitrogen and oxygen atoms in total. The molecule has 39 heavy (non-hydrogen) atoms. The minimum atomic E-state index is -3.34. The lowest BCUT2D eigenvalue weighted by molar-refractivity contribution is -0.134. The molecular weight excluding hydrogens is 550 g/mol. The molecule has 1 aliphatic rings. The molecule has 1 aromatic heterocycles. The zero-order chi connectivity index (χ0) is 29.0. The Kier molecular flexibility index (Phi) is 9.04. The van der Waals surface area contributed by atoms with Crippen LogP contribution in [0.2, 0.25) is 0 Å². The zero-order valence-electron chi connectivity index (χ0n) is 21.4. The van der Waals surface area contributed by atoms with Gasteiger partial charge in [0, 0.05) is 35.0 Å². The number of carboxylic acids is 2. The molecule has 4 rings (SSSR count). The number of likely N-dealkylation sites (N-methyl/N-ethyl adjacent to an activating group) is 1. The molecule has 0 amide bonds. The van der Waals surface area contributed by atoms with Crippen LogP contribution < -0.4 is 9.44 Å². The first-order valence-corrected chi connectivity index (χ1v) is 15.3. The van der Waals surface area contributed by atoms with Crippen LogP contribution in [0.4, 0.5) is 11.4 Å². The molecule has 0 saturated carbocycles. The summed E-state index contributed by atoms with van der Waals surface area (Å²) < 4.78 is 56.8. The van der Waals surface area contributed by atoms with Gasteiger partial charge in [0.15, 0.2) is 0 Å². The summed E-state index contributed by atoms with van der Waals surface area (Å²) in [4.78, 5) is 21.3. The van der Waals surface area contributed by atoms with Crippen LogP contribution in [0.15, 0.2) is 59.0 Å². The molecule has 210 valence electrons. The Balaban J connectivity index is 0.000000459. The third kappa shape index (κ3) is 9.42. The van der Waals surface area contributed by atoms with Gasteiger partial charge in [0.1, 0.15) is 11.3 Å². The van der Waals surface area contributed by atoms with E-state index in [9.17, 15) is 26.4 Å². The summed E-state index contributed by atoms with van der Waals surface area (Å²) >= 11 is 0. The summed E-state index contributed by atoms with van der Waals surface area (Å²) in [5, 5.41) is 16.5.